The second-order valence-corrected chi connectivity index (χ2v) is 5.13. The maximum atomic E-state index is 12.9. The smallest absolute Gasteiger partial charge is 0.369 e. The Kier molecular flexibility index (Phi) is 4.32. The van der Waals surface area contributed by atoms with Gasteiger partial charge in [-0.1, -0.05) is 18.2 Å². The van der Waals surface area contributed by atoms with Gasteiger partial charge in [-0.15, -0.1) is 0 Å². The average Bonchev–Trinajstić information content (AvgIpc) is 2.38. The van der Waals surface area contributed by atoms with Crippen molar-refractivity contribution in [2.45, 2.75) is 25.6 Å². The molecule has 0 saturated carbocycles. The van der Waals surface area contributed by atoms with Gasteiger partial charge in [0, 0.05) is 13.1 Å². The summed E-state index contributed by atoms with van der Waals surface area (Å²) in [4.78, 5) is 13.1. The Morgan fingerprint density at radius 1 is 1.35 bits per heavy atom. The number of primary amides is 1. The van der Waals surface area contributed by atoms with Gasteiger partial charge < -0.3 is 5.73 Å². The molecule has 0 aromatic heterocycles. The summed E-state index contributed by atoms with van der Waals surface area (Å²) in [6.45, 7) is 1.32. The molecule has 3 nitrogen and oxygen atoms in total. The van der Waals surface area contributed by atoms with Crippen molar-refractivity contribution in [2.24, 2.45) is 11.7 Å². The molecule has 2 N–H and O–H groups in total. The van der Waals surface area contributed by atoms with E-state index < -0.39 is 11.7 Å². The lowest BCUT2D eigenvalue weighted by molar-refractivity contribution is -0.138. The van der Waals surface area contributed by atoms with Crippen molar-refractivity contribution in [3.63, 3.8) is 0 Å². The molecule has 110 valence electrons. The Bertz CT molecular complexity index is 488. The van der Waals surface area contributed by atoms with E-state index >= 15 is 0 Å². The predicted molar refractivity (Wildman–Crippen MR) is 68.6 cm³/mol. The van der Waals surface area contributed by atoms with E-state index in [1.165, 1.54) is 12.1 Å². The normalized spacial score (nSPS) is 20.9. The first-order chi connectivity index (χ1) is 9.38. The monoisotopic (exact) mass is 286 g/mol. The van der Waals surface area contributed by atoms with Crippen LogP contribution < -0.4 is 5.73 Å². The first-order valence-corrected chi connectivity index (χ1v) is 6.54. The van der Waals surface area contributed by atoms with Crippen molar-refractivity contribution < 1.29 is 18.0 Å². The molecule has 1 amide bonds. The Morgan fingerprint density at radius 2 is 2.05 bits per heavy atom. The number of likely N-dealkylation sites (tertiary alicyclic amines) is 1. The predicted octanol–water partition coefficient (Wildman–Crippen LogP) is 2.40. The van der Waals surface area contributed by atoms with Crippen LogP contribution in [0, 0.1) is 5.92 Å². The molecule has 1 aliphatic heterocycles. The van der Waals surface area contributed by atoms with Crippen LogP contribution in [0.15, 0.2) is 24.3 Å². The summed E-state index contributed by atoms with van der Waals surface area (Å²) in [5.41, 5.74) is 4.91. The van der Waals surface area contributed by atoms with E-state index in [9.17, 15) is 18.0 Å². The van der Waals surface area contributed by atoms with Crippen molar-refractivity contribution >= 4 is 5.91 Å². The van der Waals surface area contributed by atoms with Gasteiger partial charge in [0.05, 0.1) is 11.5 Å². The zero-order valence-corrected chi connectivity index (χ0v) is 11.0. The number of rotatable bonds is 3. The van der Waals surface area contributed by atoms with Crippen LogP contribution in [0.25, 0.3) is 0 Å². The van der Waals surface area contributed by atoms with E-state index in [0.29, 0.717) is 19.5 Å². The van der Waals surface area contributed by atoms with Crippen molar-refractivity contribution in [3.8, 4) is 0 Å². The third-order valence-electron chi connectivity index (χ3n) is 3.62. The van der Waals surface area contributed by atoms with Crippen LogP contribution in [-0.2, 0) is 17.5 Å². The lowest BCUT2D eigenvalue weighted by Crippen LogP contribution is -2.40. The maximum Gasteiger partial charge on any atom is 0.416 e. The van der Waals surface area contributed by atoms with Crippen LogP contribution in [0.2, 0.25) is 0 Å². The number of carbonyl (C=O) groups is 1. The fraction of sp³-hybridized carbons (Fsp3) is 0.500. The Balaban J connectivity index is 2.12. The molecule has 1 atom stereocenters. The molecule has 0 spiro atoms. The summed E-state index contributed by atoms with van der Waals surface area (Å²) in [7, 11) is 0. The summed E-state index contributed by atoms with van der Waals surface area (Å²) in [5, 5.41) is 0. The SMILES string of the molecule is NC(=O)[C@@H]1CCCN(Cc2ccccc2C(F)(F)F)C1. The number of alkyl halides is 3. The molecule has 1 aromatic rings. The van der Waals surface area contributed by atoms with Gasteiger partial charge >= 0.3 is 6.18 Å². The van der Waals surface area contributed by atoms with Gasteiger partial charge in [0.15, 0.2) is 0 Å². The molecule has 1 fully saturated rings. The molecule has 0 bridgehead atoms. The van der Waals surface area contributed by atoms with E-state index in [-0.39, 0.29) is 23.9 Å². The second kappa shape index (κ2) is 5.83. The van der Waals surface area contributed by atoms with Gasteiger partial charge in [0.1, 0.15) is 0 Å². The number of nitrogens with zero attached hydrogens (tertiary/aromatic N) is 1. The highest BCUT2D eigenvalue weighted by Gasteiger charge is 2.33. The number of carbonyl (C=O) groups excluding carboxylic acids is 1. The number of piperidine rings is 1. The van der Waals surface area contributed by atoms with Crippen molar-refractivity contribution in [1.29, 1.82) is 0 Å². The minimum absolute atomic E-state index is 0.194. The summed E-state index contributed by atoms with van der Waals surface area (Å²) < 4.78 is 38.7. The number of benzene rings is 1. The van der Waals surface area contributed by atoms with Crippen LogP contribution in [0.4, 0.5) is 13.2 Å². The molecule has 0 radical (unpaired) electrons. The summed E-state index contributed by atoms with van der Waals surface area (Å²) in [6, 6.07) is 5.55. The third-order valence-corrected chi connectivity index (χ3v) is 3.62. The maximum absolute atomic E-state index is 12.9. The van der Waals surface area contributed by atoms with Gasteiger partial charge in [-0.05, 0) is 31.0 Å². The Hall–Kier alpha value is -1.56. The second-order valence-electron chi connectivity index (χ2n) is 5.13. The fourth-order valence-electron chi connectivity index (χ4n) is 2.61. The minimum Gasteiger partial charge on any atom is -0.369 e. The molecule has 1 aliphatic rings. The molecule has 6 heteroatoms. The van der Waals surface area contributed by atoms with Crippen molar-refractivity contribution in [1.82, 2.24) is 4.90 Å². The van der Waals surface area contributed by atoms with Crippen molar-refractivity contribution in [3.05, 3.63) is 35.4 Å². The number of amides is 1. The van der Waals surface area contributed by atoms with Gasteiger partial charge in [0.2, 0.25) is 5.91 Å². The molecule has 20 heavy (non-hydrogen) atoms. The fourth-order valence-corrected chi connectivity index (χ4v) is 2.61. The van der Waals surface area contributed by atoms with Gasteiger partial charge in [0.25, 0.3) is 0 Å². The lowest BCUT2D eigenvalue weighted by atomic mass is 9.96. The van der Waals surface area contributed by atoms with Gasteiger partial charge in [-0.2, -0.15) is 13.2 Å². The van der Waals surface area contributed by atoms with Gasteiger partial charge in [-0.25, -0.2) is 0 Å². The highest BCUT2D eigenvalue weighted by Crippen LogP contribution is 2.32. The van der Waals surface area contributed by atoms with Crippen LogP contribution >= 0.6 is 0 Å². The summed E-state index contributed by atoms with van der Waals surface area (Å²) >= 11 is 0. The highest BCUT2D eigenvalue weighted by molar-refractivity contribution is 5.76. The zero-order chi connectivity index (χ0) is 14.8. The molecule has 1 saturated heterocycles. The number of hydrogen-bond donors (Lipinski definition) is 1. The van der Waals surface area contributed by atoms with Crippen LogP contribution in [-0.4, -0.2) is 23.9 Å². The first-order valence-electron chi connectivity index (χ1n) is 6.54. The Morgan fingerprint density at radius 3 is 2.70 bits per heavy atom. The van der Waals surface area contributed by atoms with Crippen LogP contribution in [0.1, 0.15) is 24.0 Å². The minimum atomic E-state index is -4.35. The molecule has 0 unspecified atom stereocenters. The number of halogens is 3. The van der Waals surface area contributed by atoms with E-state index in [1.54, 1.807) is 6.07 Å². The average molecular weight is 286 g/mol. The van der Waals surface area contributed by atoms with E-state index in [0.717, 1.165) is 12.5 Å². The quantitative estimate of drug-likeness (QED) is 0.927. The molecule has 0 aliphatic carbocycles. The highest BCUT2D eigenvalue weighted by atomic mass is 19.4. The van der Waals surface area contributed by atoms with Crippen LogP contribution in [0.3, 0.4) is 0 Å². The number of nitrogens with two attached hydrogens (primary N) is 1. The standard InChI is InChI=1S/C14H17F3N2O/c15-14(16,17)12-6-2-1-4-10(12)8-19-7-3-5-11(9-19)13(18)20/h1-2,4,6,11H,3,5,7-9H2,(H2,18,20)/t11-/m1/s1. The van der Waals surface area contributed by atoms with E-state index in [1.807, 2.05) is 4.90 Å². The van der Waals surface area contributed by atoms with E-state index in [4.69, 9.17) is 5.73 Å². The largest absolute Gasteiger partial charge is 0.416 e. The van der Waals surface area contributed by atoms with Gasteiger partial charge in [-0.3, -0.25) is 9.69 Å². The van der Waals surface area contributed by atoms with Crippen molar-refractivity contribution in [2.75, 3.05) is 13.1 Å². The first kappa shape index (κ1) is 14.8. The summed E-state index contributed by atoms with van der Waals surface area (Å²) in [6.07, 6.45) is -2.86. The van der Waals surface area contributed by atoms with Crippen LogP contribution in [0.5, 0.6) is 0 Å². The zero-order valence-electron chi connectivity index (χ0n) is 11.0. The number of hydrogen-bond acceptors (Lipinski definition) is 2. The molecule has 1 heterocycles. The van der Waals surface area contributed by atoms with E-state index in [2.05, 4.69) is 0 Å². The Labute approximate surface area is 115 Å². The topological polar surface area (TPSA) is 46.3 Å². The molecule has 1 aromatic carbocycles. The molecular formula is C14H17F3N2O. The lowest BCUT2D eigenvalue weighted by Gasteiger charge is -2.31. The molecular weight excluding hydrogens is 269 g/mol. The summed E-state index contributed by atoms with van der Waals surface area (Å²) in [5.74, 6) is -0.638. The third kappa shape index (κ3) is 3.50. The molecule has 2 rings (SSSR count).